The average Bonchev–Trinajstić information content (AvgIpc) is 3.37. The van der Waals surface area contributed by atoms with Gasteiger partial charge in [0.15, 0.2) is 11.5 Å². The molecule has 6 rings (SSSR count). The van der Waals surface area contributed by atoms with Crippen molar-refractivity contribution < 1.29 is 9.47 Å². The number of aryl methyl sites for hydroxylation is 3. The first-order valence-electron chi connectivity index (χ1n) is 10.7. The summed E-state index contributed by atoms with van der Waals surface area (Å²) in [5.74, 6) is 3.75. The Morgan fingerprint density at radius 1 is 1.03 bits per heavy atom. The zero-order valence-corrected chi connectivity index (χ0v) is 17.6. The van der Waals surface area contributed by atoms with Crippen LogP contribution in [0, 0.1) is 6.92 Å². The summed E-state index contributed by atoms with van der Waals surface area (Å²) in [4.78, 5) is 15.0. The third-order valence-electron chi connectivity index (χ3n) is 6.38. The number of hydrogen-bond donors (Lipinski definition) is 0. The van der Waals surface area contributed by atoms with E-state index in [-0.39, 0.29) is 0 Å². The zero-order chi connectivity index (χ0) is 19.4. The number of ether oxygens (including phenoxy) is 2. The Morgan fingerprint density at radius 3 is 2.83 bits per heavy atom. The van der Waals surface area contributed by atoms with E-state index in [1.54, 1.807) is 0 Å². The summed E-state index contributed by atoms with van der Waals surface area (Å²) in [7, 11) is 0. The van der Waals surface area contributed by atoms with E-state index in [1.165, 1.54) is 51.9 Å². The van der Waals surface area contributed by atoms with Gasteiger partial charge in [-0.2, -0.15) is 0 Å². The molecule has 2 aromatic heterocycles. The van der Waals surface area contributed by atoms with Crippen LogP contribution in [0.2, 0.25) is 0 Å². The van der Waals surface area contributed by atoms with Gasteiger partial charge in [-0.05, 0) is 68.7 Å². The molecule has 0 spiro atoms. The van der Waals surface area contributed by atoms with E-state index in [0.29, 0.717) is 19.3 Å². The molecule has 1 fully saturated rings. The molecule has 0 amide bonds. The van der Waals surface area contributed by atoms with E-state index >= 15 is 0 Å². The fraction of sp³-hybridized carbons (Fsp3) is 0.478. The van der Waals surface area contributed by atoms with Crippen molar-refractivity contribution in [1.82, 2.24) is 9.97 Å². The molecular weight excluding hydrogens is 382 g/mol. The number of anilines is 1. The van der Waals surface area contributed by atoms with Crippen LogP contribution in [0.4, 0.5) is 5.82 Å². The molecule has 3 aliphatic rings. The largest absolute Gasteiger partial charge is 0.486 e. The Labute approximate surface area is 174 Å². The second kappa shape index (κ2) is 6.87. The van der Waals surface area contributed by atoms with Crippen LogP contribution in [0.1, 0.15) is 53.6 Å². The average molecular weight is 408 g/mol. The highest BCUT2D eigenvalue weighted by molar-refractivity contribution is 7.19. The zero-order valence-electron chi connectivity index (χ0n) is 16.7. The highest BCUT2D eigenvalue weighted by atomic mass is 32.1. The van der Waals surface area contributed by atoms with Gasteiger partial charge < -0.3 is 14.4 Å². The molecule has 150 valence electrons. The second-order valence-electron chi connectivity index (χ2n) is 8.24. The number of fused-ring (bicyclic) bond motifs is 4. The topological polar surface area (TPSA) is 47.5 Å². The predicted octanol–water partition coefficient (Wildman–Crippen LogP) is 4.99. The lowest BCUT2D eigenvalue weighted by molar-refractivity contribution is 0.171. The molecule has 29 heavy (non-hydrogen) atoms. The molecule has 2 aliphatic heterocycles. The molecule has 1 atom stereocenters. The molecule has 0 saturated carbocycles. The van der Waals surface area contributed by atoms with E-state index in [9.17, 15) is 0 Å². The van der Waals surface area contributed by atoms with Gasteiger partial charge in [-0.1, -0.05) is 6.07 Å². The Balaban J connectivity index is 1.46. The van der Waals surface area contributed by atoms with Crippen molar-refractivity contribution in [2.24, 2.45) is 0 Å². The van der Waals surface area contributed by atoms with Crippen molar-refractivity contribution in [1.29, 1.82) is 0 Å². The van der Waals surface area contributed by atoms with Crippen molar-refractivity contribution in [3.63, 3.8) is 0 Å². The first-order chi connectivity index (χ1) is 14.3. The second-order valence-corrected chi connectivity index (χ2v) is 9.32. The van der Waals surface area contributed by atoms with Gasteiger partial charge in [0.25, 0.3) is 0 Å². The minimum absolute atomic E-state index is 0.322. The molecule has 0 bridgehead atoms. The Hall–Kier alpha value is -2.34. The van der Waals surface area contributed by atoms with Crippen LogP contribution in [-0.2, 0) is 12.8 Å². The molecule has 1 aromatic carbocycles. The monoisotopic (exact) mass is 407 g/mol. The van der Waals surface area contributed by atoms with Gasteiger partial charge in [-0.3, -0.25) is 0 Å². The molecule has 3 aromatic rings. The molecule has 4 heterocycles. The fourth-order valence-electron chi connectivity index (χ4n) is 5.08. The number of aromatic nitrogens is 2. The van der Waals surface area contributed by atoms with E-state index in [1.807, 2.05) is 18.3 Å². The standard InChI is InChI=1S/C23H25N3O2S/c1-14-24-22(21-16-5-2-3-7-20(16)29-23(21)25-14)26-10-4-6-17(26)15-8-9-18-19(13-15)28-12-11-27-18/h8-9,13,17H,2-7,10-12H2,1H3/t17-/m0/s1. The van der Waals surface area contributed by atoms with E-state index in [0.717, 1.165) is 42.5 Å². The number of nitrogens with zero attached hydrogens (tertiary/aromatic N) is 3. The maximum atomic E-state index is 5.85. The Kier molecular flexibility index (Phi) is 4.15. The van der Waals surface area contributed by atoms with Crippen LogP contribution < -0.4 is 14.4 Å². The van der Waals surface area contributed by atoms with Crippen LogP contribution >= 0.6 is 11.3 Å². The van der Waals surface area contributed by atoms with Crippen molar-refractivity contribution in [2.45, 2.75) is 51.5 Å². The van der Waals surface area contributed by atoms with Crippen LogP contribution in [0.3, 0.4) is 0 Å². The van der Waals surface area contributed by atoms with Gasteiger partial charge in [-0.15, -0.1) is 11.3 Å². The quantitative estimate of drug-likeness (QED) is 0.599. The number of benzene rings is 1. The summed E-state index contributed by atoms with van der Waals surface area (Å²) in [6.07, 6.45) is 7.24. The van der Waals surface area contributed by atoms with Crippen LogP contribution in [0.15, 0.2) is 18.2 Å². The smallest absolute Gasteiger partial charge is 0.161 e. The minimum atomic E-state index is 0.322. The lowest BCUT2D eigenvalue weighted by Gasteiger charge is -2.28. The summed E-state index contributed by atoms with van der Waals surface area (Å²) in [6.45, 7) is 4.31. The van der Waals surface area contributed by atoms with Gasteiger partial charge in [0, 0.05) is 11.4 Å². The maximum Gasteiger partial charge on any atom is 0.161 e. The molecule has 0 radical (unpaired) electrons. The third-order valence-corrected chi connectivity index (χ3v) is 7.57. The third kappa shape index (κ3) is 2.88. The Bertz CT molecular complexity index is 1090. The highest BCUT2D eigenvalue weighted by Gasteiger charge is 2.32. The van der Waals surface area contributed by atoms with Gasteiger partial charge in [-0.25, -0.2) is 9.97 Å². The summed E-state index contributed by atoms with van der Waals surface area (Å²) in [5, 5.41) is 1.32. The van der Waals surface area contributed by atoms with E-state index in [2.05, 4.69) is 23.1 Å². The van der Waals surface area contributed by atoms with Crippen LogP contribution in [0.5, 0.6) is 11.5 Å². The number of rotatable bonds is 2. The number of thiophene rings is 1. The SMILES string of the molecule is Cc1nc(N2CCC[C@H]2c2ccc3c(c2)OCCO3)c2c3c(sc2n1)CCCC3. The van der Waals surface area contributed by atoms with Crippen molar-refractivity contribution >= 4 is 27.4 Å². The summed E-state index contributed by atoms with van der Waals surface area (Å²) in [5.41, 5.74) is 2.80. The van der Waals surface area contributed by atoms with Gasteiger partial charge in [0.05, 0.1) is 11.4 Å². The Morgan fingerprint density at radius 2 is 1.90 bits per heavy atom. The molecule has 1 aliphatic carbocycles. The molecule has 0 unspecified atom stereocenters. The van der Waals surface area contributed by atoms with Crippen LogP contribution in [0.25, 0.3) is 10.2 Å². The molecule has 0 N–H and O–H groups in total. The first-order valence-corrected chi connectivity index (χ1v) is 11.5. The lowest BCUT2D eigenvalue weighted by atomic mass is 9.96. The number of hydrogen-bond acceptors (Lipinski definition) is 6. The maximum absolute atomic E-state index is 5.85. The van der Waals surface area contributed by atoms with Gasteiger partial charge in [0.1, 0.15) is 29.7 Å². The van der Waals surface area contributed by atoms with Crippen molar-refractivity contribution in [3.8, 4) is 11.5 Å². The van der Waals surface area contributed by atoms with Gasteiger partial charge in [0.2, 0.25) is 0 Å². The first kappa shape index (κ1) is 17.5. The molecule has 1 saturated heterocycles. The predicted molar refractivity (Wildman–Crippen MR) is 116 cm³/mol. The van der Waals surface area contributed by atoms with Crippen LogP contribution in [-0.4, -0.2) is 29.7 Å². The summed E-state index contributed by atoms with van der Waals surface area (Å²) >= 11 is 1.89. The summed E-state index contributed by atoms with van der Waals surface area (Å²) < 4.78 is 11.6. The lowest BCUT2D eigenvalue weighted by Crippen LogP contribution is -2.25. The molecule has 6 heteroatoms. The highest BCUT2D eigenvalue weighted by Crippen LogP contribution is 2.45. The fourth-order valence-corrected chi connectivity index (χ4v) is 6.39. The van der Waals surface area contributed by atoms with Crippen molar-refractivity contribution in [2.75, 3.05) is 24.7 Å². The van der Waals surface area contributed by atoms with Gasteiger partial charge >= 0.3 is 0 Å². The van der Waals surface area contributed by atoms with Crippen molar-refractivity contribution in [3.05, 3.63) is 40.0 Å². The minimum Gasteiger partial charge on any atom is -0.486 e. The molecule has 5 nitrogen and oxygen atoms in total. The summed E-state index contributed by atoms with van der Waals surface area (Å²) in [6, 6.07) is 6.76. The van der Waals surface area contributed by atoms with E-state index in [4.69, 9.17) is 19.4 Å². The van der Waals surface area contributed by atoms with E-state index < -0.39 is 0 Å². The normalized spacial score (nSPS) is 20.9. The molecular formula is C23H25N3O2S.